The van der Waals surface area contributed by atoms with Crippen LogP contribution in [0.3, 0.4) is 0 Å². The maximum absolute atomic E-state index is 11.6. The number of carbonyl (C=O) groups excluding carboxylic acids is 2. The summed E-state index contributed by atoms with van der Waals surface area (Å²) in [6.07, 6.45) is 6.09. The van der Waals surface area contributed by atoms with Crippen molar-refractivity contribution >= 4 is 11.9 Å². The summed E-state index contributed by atoms with van der Waals surface area (Å²) in [6.45, 7) is 3.01. The number of benzene rings is 1. The maximum Gasteiger partial charge on any atom is 0.305 e. The lowest BCUT2D eigenvalue weighted by Gasteiger charge is -2.06. The largest absolute Gasteiger partial charge is 0.466 e. The van der Waals surface area contributed by atoms with Gasteiger partial charge in [0, 0.05) is 19.3 Å². The summed E-state index contributed by atoms with van der Waals surface area (Å²) < 4.78 is 10.3. The van der Waals surface area contributed by atoms with Gasteiger partial charge in [-0.2, -0.15) is 0 Å². The molecule has 1 rings (SSSR count). The fraction of sp³-hybridized carbons (Fsp3) is 0.579. The molecule has 0 amide bonds. The lowest BCUT2D eigenvalue weighted by atomic mass is 10.2. The van der Waals surface area contributed by atoms with E-state index in [-0.39, 0.29) is 24.8 Å². The van der Waals surface area contributed by atoms with Crippen molar-refractivity contribution < 1.29 is 19.1 Å². The molecule has 128 valence electrons. The van der Waals surface area contributed by atoms with Crippen LogP contribution >= 0.6 is 0 Å². The van der Waals surface area contributed by atoms with Crippen LogP contribution in [0.2, 0.25) is 0 Å². The standard InChI is InChI=1S/C19H28O4/c1-2-3-4-8-15-22-18(20)12-9-13-19(21)23-16-14-17-10-6-5-7-11-17/h5-7,10-11H,2-4,8-9,12-16H2,1H3. The van der Waals surface area contributed by atoms with Gasteiger partial charge in [-0.1, -0.05) is 56.5 Å². The Kier molecular flexibility index (Phi) is 10.6. The first kappa shape index (κ1) is 19.2. The second-order valence-electron chi connectivity index (χ2n) is 5.59. The second kappa shape index (κ2) is 12.7. The molecular weight excluding hydrogens is 292 g/mol. The fourth-order valence-corrected chi connectivity index (χ4v) is 2.16. The van der Waals surface area contributed by atoms with Crippen LogP contribution in [-0.4, -0.2) is 25.2 Å². The Bertz CT molecular complexity index is 442. The van der Waals surface area contributed by atoms with Crippen molar-refractivity contribution in [3.63, 3.8) is 0 Å². The molecular formula is C19H28O4. The molecule has 0 atom stereocenters. The average Bonchev–Trinajstić information content (AvgIpc) is 2.55. The van der Waals surface area contributed by atoms with E-state index < -0.39 is 0 Å². The van der Waals surface area contributed by atoms with Gasteiger partial charge in [0.1, 0.15) is 0 Å². The molecule has 1 aromatic carbocycles. The van der Waals surface area contributed by atoms with Gasteiger partial charge in [-0.15, -0.1) is 0 Å². The van der Waals surface area contributed by atoms with Gasteiger partial charge in [-0.05, 0) is 18.4 Å². The predicted octanol–water partition coefficient (Wildman–Crippen LogP) is 4.07. The molecule has 0 aliphatic carbocycles. The molecule has 0 aromatic heterocycles. The van der Waals surface area contributed by atoms with E-state index in [0.717, 1.165) is 18.4 Å². The minimum Gasteiger partial charge on any atom is -0.466 e. The topological polar surface area (TPSA) is 52.6 Å². The van der Waals surface area contributed by atoms with Crippen LogP contribution in [0.4, 0.5) is 0 Å². The summed E-state index contributed by atoms with van der Waals surface area (Å²) in [5.41, 5.74) is 1.15. The second-order valence-corrected chi connectivity index (χ2v) is 5.59. The first-order chi connectivity index (χ1) is 11.2. The van der Waals surface area contributed by atoms with Gasteiger partial charge in [0.2, 0.25) is 0 Å². The smallest absolute Gasteiger partial charge is 0.305 e. The summed E-state index contributed by atoms with van der Waals surface area (Å²) >= 11 is 0. The molecule has 4 nitrogen and oxygen atoms in total. The summed E-state index contributed by atoms with van der Waals surface area (Å²) in [5.74, 6) is -0.477. The van der Waals surface area contributed by atoms with E-state index in [1.807, 2.05) is 30.3 Å². The van der Waals surface area contributed by atoms with Crippen molar-refractivity contribution in [3.8, 4) is 0 Å². The van der Waals surface area contributed by atoms with Crippen LogP contribution in [0.25, 0.3) is 0 Å². The molecule has 0 spiro atoms. The Morgan fingerprint density at radius 1 is 0.826 bits per heavy atom. The van der Waals surface area contributed by atoms with Gasteiger partial charge < -0.3 is 9.47 Å². The molecule has 0 unspecified atom stereocenters. The monoisotopic (exact) mass is 320 g/mol. The summed E-state index contributed by atoms with van der Waals surface area (Å²) in [4.78, 5) is 23.1. The highest BCUT2D eigenvalue weighted by molar-refractivity contribution is 5.72. The van der Waals surface area contributed by atoms with Crippen molar-refractivity contribution in [2.75, 3.05) is 13.2 Å². The number of ether oxygens (including phenoxy) is 2. The van der Waals surface area contributed by atoms with Crippen molar-refractivity contribution in [1.82, 2.24) is 0 Å². The number of esters is 2. The quantitative estimate of drug-likeness (QED) is 0.430. The van der Waals surface area contributed by atoms with Crippen molar-refractivity contribution in [2.24, 2.45) is 0 Å². The van der Waals surface area contributed by atoms with Crippen molar-refractivity contribution in [3.05, 3.63) is 35.9 Å². The first-order valence-electron chi connectivity index (χ1n) is 8.57. The highest BCUT2D eigenvalue weighted by Gasteiger charge is 2.07. The molecule has 0 bridgehead atoms. The van der Waals surface area contributed by atoms with Gasteiger partial charge in [0.05, 0.1) is 13.2 Å². The zero-order chi connectivity index (χ0) is 16.8. The Hall–Kier alpha value is -1.84. The zero-order valence-corrected chi connectivity index (χ0v) is 14.1. The number of unbranched alkanes of at least 4 members (excludes halogenated alkanes) is 3. The molecule has 1 aromatic rings. The first-order valence-corrected chi connectivity index (χ1v) is 8.57. The van der Waals surface area contributed by atoms with Crippen molar-refractivity contribution in [1.29, 1.82) is 0 Å². The maximum atomic E-state index is 11.6. The Morgan fingerprint density at radius 2 is 1.48 bits per heavy atom. The Balaban J connectivity index is 1.97. The Labute approximate surface area is 139 Å². The minimum atomic E-state index is -0.253. The molecule has 0 radical (unpaired) electrons. The highest BCUT2D eigenvalue weighted by atomic mass is 16.5. The van der Waals surface area contributed by atoms with Crippen LogP contribution < -0.4 is 0 Å². The minimum absolute atomic E-state index is 0.224. The number of carbonyl (C=O) groups is 2. The van der Waals surface area contributed by atoms with E-state index in [1.54, 1.807) is 0 Å². The normalized spacial score (nSPS) is 10.3. The number of hydrogen-bond acceptors (Lipinski definition) is 4. The Morgan fingerprint density at radius 3 is 2.13 bits per heavy atom. The molecule has 0 saturated heterocycles. The van der Waals surface area contributed by atoms with Crippen LogP contribution in [0.5, 0.6) is 0 Å². The molecule has 0 heterocycles. The summed E-state index contributed by atoms with van der Waals surface area (Å²) in [6, 6.07) is 9.89. The van der Waals surface area contributed by atoms with Gasteiger partial charge in [0.25, 0.3) is 0 Å². The van der Waals surface area contributed by atoms with Crippen LogP contribution in [0, 0.1) is 0 Å². The van der Waals surface area contributed by atoms with E-state index in [1.165, 1.54) is 12.8 Å². The summed E-state index contributed by atoms with van der Waals surface area (Å²) in [5, 5.41) is 0. The van der Waals surface area contributed by atoms with Gasteiger partial charge in [-0.3, -0.25) is 9.59 Å². The third kappa shape index (κ3) is 10.5. The van der Waals surface area contributed by atoms with Gasteiger partial charge >= 0.3 is 11.9 Å². The molecule has 23 heavy (non-hydrogen) atoms. The number of hydrogen-bond donors (Lipinski definition) is 0. The lowest BCUT2D eigenvalue weighted by Crippen LogP contribution is -2.10. The van der Waals surface area contributed by atoms with Gasteiger partial charge in [-0.25, -0.2) is 0 Å². The molecule has 0 aliphatic rings. The van der Waals surface area contributed by atoms with Crippen LogP contribution in [0.15, 0.2) is 30.3 Å². The molecule has 4 heteroatoms. The van der Waals surface area contributed by atoms with E-state index in [9.17, 15) is 9.59 Å². The predicted molar refractivity (Wildman–Crippen MR) is 90.1 cm³/mol. The molecule has 0 aliphatic heterocycles. The van der Waals surface area contributed by atoms with Gasteiger partial charge in [0.15, 0.2) is 0 Å². The third-order valence-corrected chi connectivity index (χ3v) is 3.52. The van der Waals surface area contributed by atoms with E-state index in [0.29, 0.717) is 26.1 Å². The molecule has 0 N–H and O–H groups in total. The summed E-state index contributed by atoms with van der Waals surface area (Å²) in [7, 11) is 0. The molecule has 0 saturated carbocycles. The van der Waals surface area contributed by atoms with E-state index in [4.69, 9.17) is 9.47 Å². The van der Waals surface area contributed by atoms with Crippen LogP contribution in [0.1, 0.15) is 57.4 Å². The third-order valence-electron chi connectivity index (χ3n) is 3.52. The number of rotatable bonds is 12. The van der Waals surface area contributed by atoms with E-state index >= 15 is 0 Å². The van der Waals surface area contributed by atoms with Crippen LogP contribution in [-0.2, 0) is 25.5 Å². The highest BCUT2D eigenvalue weighted by Crippen LogP contribution is 2.04. The SMILES string of the molecule is CCCCCCOC(=O)CCCC(=O)OCCc1ccccc1. The zero-order valence-electron chi connectivity index (χ0n) is 14.1. The van der Waals surface area contributed by atoms with Crippen molar-refractivity contribution in [2.45, 2.75) is 58.3 Å². The van der Waals surface area contributed by atoms with E-state index in [2.05, 4.69) is 6.92 Å². The fourth-order valence-electron chi connectivity index (χ4n) is 2.16. The molecule has 0 fully saturated rings. The average molecular weight is 320 g/mol. The lowest BCUT2D eigenvalue weighted by molar-refractivity contribution is -0.145.